The van der Waals surface area contributed by atoms with Crippen molar-refractivity contribution in [3.63, 3.8) is 0 Å². The third-order valence-electron chi connectivity index (χ3n) is 4.12. The molecule has 0 saturated carbocycles. The van der Waals surface area contributed by atoms with Crippen molar-refractivity contribution < 1.29 is 0 Å². The Morgan fingerprint density at radius 3 is 1.00 bits per heavy atom. The normalized spacial score (nSPS) is 8.42. The molecule has 2 nitrogen and oxygen atoms in total. The van der Waals surface area contributed by atoms with E-state index in [4.69, 9.17) is 0 Å². The summed E-state index contributed by atoms with van der Waals surface area (Å²) < 4.78 is 0. The molecule has 0 aliphatic rings. The average Bonchev–Trinajstić information content (AvgIpc) is 2.90. The van der Waals surface area contributed by atoms with Crippen molar-refractivity contribution >= 4 is 17.1 Å². The predicted molar refractivity (Wildman–Crippen MR) is 145 cm³/mol. The zero-order valence-corrected chi connectivity index (χ0v) is 21.5. The van der Waals surface area contributed by atoms with Crippen LogP contribution in [0.1, 0.15) is 55.4 Å². The third kappa shape index (κ3) is 12.5. The van der Waals surface area contributed by atoms with E-state index in [0.29, 0.717) is 0 Å². The van der Waals surface area contributed by atoms with Crippen LogP contribution in [0.2, 0.25) is 0 Å². The van der Waals surface area contributed by atoms with E-state index in [1.165, 1.54) is 17.1 Å². The first-order valence-electron chi connectivity index (χ1n) is 11.9. The predicted octanol–water partition coefficient (Wildman–Crippen LogP) is 9.07. The molecule has 0 atom stereocenters. The molecule has 0 aliphatic heterocycles. The van der Waals surface area contributed by atoms with Crippen molar-refractivity contribution in [3.8, 4) is 0 Å². The molecule has 0 N–H and O–H groups in total. The van der Waals surface area contributed by atoms with Crippen LogP contribution in [0.25, 0.3) is 0 Å². The lowest BCUT2D eigenvalue weighted by molar-refractivity contribution is 0.968. The van der Waals surface area contributed by atoms with E-state index in [9.17, 15) is 0 Å². The lowest BCUT2D eigenvalue weighted by Crippen LogP contribution is -2.15. The summed E-state index contributed by atoms with van der Waals surface area (Å²) in [6.45, 7) is 18.4. The molecule has 0 unspecified atom stereocenters. The number of benzene rings is 3. The Balaban J connectivity index is 0. The van der Waals surface area contributed by atoms with Crippen molar-refractivity contribution in [2.75, 3.05) is 29.9 Å². The Hall–Kier alpha value is -2.74. The van der Waals surface area contributed by atoms with Crippen LogP contribution < -0.4 is 9.80 Å². The second kappa shape index (κ2) is 22.0. The van der Waals surface area contributed by atoms with Crippen molar-refractivity contribution in [3.05, 3.63) is 91.0 Å². The maximum atomic E-state index is 2.29. The van der Waals surface area contributed by atoms with E-state index in [1.807, 2.05) is 59.7 Å². The van der Waals surface area contributed by atoms with E-state index in [0.717, 1.165) is 13.1 Å². The molecule has 0 fully saturated rings. The topological polar surface area (TPSA) is 6.48 Å². The summed E-state index contributed by atoms with van der Waals surface area (Å²) in [5, 5.41) is 0. The van der Waals surface area contributed by atoms with Gasteiger partial charge in [-0.15, -0.1) is 0 Å². The van der Waals surface area contributed by atoms with Gasteiger partial charge in [0.25, 0.3) is 0 Å². The second-order valence-electron chi connectivity index (χ2n) is 5.77. The molecule has 0 radical (unpaired) electrons. The number of para-hydroxylation sites is 3. The molecule has 3 rings (SSSR count). The lowest BCUT2D eigenvalue weighted by atomic mass is 10.2. The molecule has 0 spiro atoms. The molecule has 3 aromatic rings. The summed E-state index contributed by atoms with van der Waals surface area (Å²) in [6, 6.07) is 31.3. The first kappa shape index (κ1) is 30.5. The van der Waals surface area contributed by atoms with Gasteiger partial charge in [-0.3, -0.25) is 0 Å². The van der Waals surface area contributed by atoms with Gasteiger partial charge in [-0.2, -0.15) is 0 Å². The van der Waals surface area contributed by atoms with E-state index in [-0.39, 0.29) is 0 Å². The van der Waals surface area contributed by atoms with Crippen LogP contribution in [-0.4, -0.2) is 20.1 Å². The number of anilines is 3. The van der Waals surface area contributed by atoms with Crippen LogP contribution in [0.4, 0.5) is 17.1 Å². The third-order valence-corrected chi connectivity index (χ3v) is 4.12. The van der Waals surface area contributed by atoms with Gasteiger partial charge >= 0.3 is 0 Å². The van der Waals surface area contributed by atoms with E-state index in [1.54, 1.807) is 0 Å². The highest BCUT2D eigenvalue weighted by Crippen LogP contribution is 2.23. The summed E-state index contributed by atoms with van der Waals surface area (Å²) in [5.41, 5.74) is 3.77. The van der Waals surface area contributed by atoms with E-state index < -0.39 is 0 Å². The van der Waals surface area contributed by atoms with Crippen molar-refractivity contribution in [2.24, 2.45) is 0 Å². The molecule has 31 heavy (non-hydrogen) atoms. The number of hydrogen-bond donors (Lipinski definition) is 0. The van der Waals surface area contributed by atoms with Gasteiger partial charge in [-0.05, 0) is 50.2 Å². The van der Waals surface area contributed by atoms with Gasteiger partial charge in [-0.1, -0.05) is 96.1 Å². The molecule has 172 valence electrons. The molecule has 2 heteroatoms. The molecule has 0 bridgehead atoms. The van der Waals surface area contributed by atoms with Gasteiger partial charge in [-0.25, -0.2) is 0 Å². The van der Waals surface area contributed by atoms with E-state index in [2.05, 4.69) is 103 Å². The van der Waals surface area contributed by atoms with Gasteiger partial charge in [0.2, 0.25) is 0 Å². The van der Waals surface area contributed by atoms with Crippen molar-refractivity contribution in [1.82, 2.24) is 0 Å². The summed E-state index contributed by atoms with van der Waals surface area (Å²) in [7, 11) is 2.09. The smallest absolute Gasteiger partial charge is 0.0410 e. The maximum absolute atomic E-state index is 2.29. The molecular weight excluding hydrogens is 376 g/mol. The number of rotatable bonds is 5. The largest absolute Gasteiger partial charge is 0.375 e. The average molecular weight is 423 g/mol. The number of hydrogen-bond acceptors (Lipinski definition) is 2. The summed E-state index contributed by atoms with van der Waals surface area (Å²) in [4.78, 5) is 4.50. The van der Waals surface area contributed by atoms with Crippen LogP contribution >= 0.6 is 0 Å². The molecule has 0 aliphatic carbocycles. The quantitative estimate of drug-likeness (QED) is 0.404. The Labute approximate surface area is 193 Å². The van der Waals surface area contributed by atoms with Crippen LogP contribution in [0.5, 0.6) is 0 Å². The first-order chi connectivity index (χ1) is 15.3. The van der Waals surface area contributed by atoms with Gasteiger partial charge < -0.3 is 9.80 Å². The lowest BCUT2D eigenvalue weighted by Gasteiger charge is -2.23. The fraction of sp³-hybridized carbons (Fsp3) is 0.379. The molecule has 0 heterocycles. The van der Waals surface area contributed by atoms with Crippen LogP contribution in [0, 0.1) is 0 Å². The Kier molecular flexibility index (Phi) is 21.6. The molecule has 0 aromatic heterocycles. The fourth-order valence-corrected chi connectivity index (χ4v) is 2.60. The minimum atomic E-state index is 0.980. The zero-order valence-electron chi connectivity index (χ0n) is 21.5. The fourth-order valence-electron chi connectivity index (χ4n) is 2.60. The highest BCUT2D eigenvalue weighted by atomic mass is 15.1. The van der Waals surface area contributed by atoms with E-state index >= 15 is 0 Å². The summed E-state index contributed by atoms with van der Waals surface area (Å²) >= 11 is 0. The first-order valence-corrected chi connectivity index (χ1v) is 11.9. The van der Waals surface area contributed by atoms with Crippen molar-refractivity contribution in [1.29, 1.82) is 0 Å². The Morgan fingerprint density at radius 2 is 0.742 bits per heavy atom. The molecule has 0 amide bonds. The number of nitrogens with zero attached hydrogens (tertiary/aromatic N) is 2. The summed E-state index contributed by atoms with van der Waals surface area (Å²) in [5.74, 6) is 0. The monoisotopic (exact) mass is 422 g/mol. The highest BCUT2D eigenvalue weighted by Gasteiger charge is 2.04. The minimum absolute atomic E-state index is 0.980. The molecule has 0 saturated heterocycles. The minimum Gasteiger partial charge on any atom is -0.375 e. The highest BCUT2D eigenvalue weighted by molar-refractivity contribution is 5.62. The van der Waals surface area contributed by atoms with Crippen molar-refractivity contribution in [2.45, 2.75) is 55.4 Å². The van der Waals surface area contributed by atoms with Crippen LogP contribution in [0.3, 0.4) is 0 Å². The van der Waals surface area contributed by atoms with Gasteiger partial charge in [0.05, 0.1) is 0 Å². The van der Waals surface area contributed by atoms with Gasteiger partial charge in [0.15, 0.2) is 0 Å². The summed E-state index contributed by atoms with van der Waals surface area (Å²) in [6.07, 6.45) is 0. The Bertz CT molecular complexity index is 657. The molecular formula is C29H46N2. The van der Waals surface area contributed by atoms with Crippen LogP contribution in [-0.2, 0) is 0 Å². The zero-order chi connectivity index (χ0) is 23.9. The Morgan fingerprint density at radius 1 is 0.452 bits per heavy atom. The van der Waals surface area contributed by atoms with Crippen LogP contribution in [0.15, 0.2) is 91.0 Å². The molecule has 3 aromatic carbocycles. The second-order valence-corrected chi connectivity index (χ2v) is 5.77. The van der Waals surface area contributed by atoms with Gasteiger partial charge in [0.1, 0.15) is 0 Å². The standard InChI is InChI=1S/C14H15N.C9H13N.3C2H6/c1-2-15(13-9-5-3-6-10-13)14-11-7-4-8-12-14;1-3-10(2)9-7-5-4-6-8-9;3*1-2/h3-12H,2H2,1H3;4-8H,3H2,1-2H3;3*1-2H3. The SMILES string of the molecule is CC.CC.CC.CCN(C)c1ccccc1.CCN(c1ccccc1)c1ccccc1. The maximum Gasteiger partial charge on any atom is 0.0410 e. The van der Waals surface area contributed by atoms with Gasteiger partial charge in [0, 0.05) is 37.2 Å².